The van der Waals surface area contributed by atoms with Crippen molar-refractivity contribution in [3.05, 3.63) is 48.0 Å². The van der Waals surface area contributed by atoms with E-state index in [1.807, 2.05) is 0 Å². The van der Waals surface area contributed by atoms with E-state index in [0.29, 0.717) is 18.2 Å². The Hall–Kier alpha value is -1.84. The minimum atomic E-state index is -0.824. The average Bonchev–Trinajstić information content (AvgIpc) is 2.63. The number of nitrogens with one attached hydrogen (secondary N) is 2. The molecule has 0 spiro atoms. The molecular weight excluding hydrogens is 243 g/mol. The molecule has 19 heavy (non-hydrogen) atoms. The van der Waals surface area contributed by atoms with Gasteiger partial charge in [0.15, 0.2) is 0 Å². The van der Waals surface area contributed by atoms with E-state index in [4.69, 9.17) is 0 Å². The van der Waals surface area contributed by atoms with E-state index in [9.17, 15) is 9.18 Å². The Morgan fingerprint density at radius 1 is 1.32 bits per heavy atom. The third-order valence-electron chi connectivity index (χ3n) is 3.45. The van der Waals surface area contributed by atoms with Crippen molar-refractivity contribution >= 4 is 5.91 Å². The molecule has 1 amide bonds. The second kappa shape index (κ2) is 5.03. The van der Waals surface area contributed by atoms with Gasteiger partial charge in [-0.3, -0.25) is 4.79 Å². The van der Waals surface area contributed by atoms with Crippen LogP contribution in [0.4, 0.5) is 4.39 Å². The topological polar surface area (TPSA) is 41.1 Å². The van der Waals surface area contributed by atoms with Crippen molar-refractivity contribution in [2.75, 3.05) is 0 Å². The maximum Gasteiger partial charge on any atom is 0.255 e. The first-order valence-electron chi connectivity index (χ1n) is 6.48. The van der Waals surface area contributed by atoms with Crippen LogP contribution >= 0.6 is 0 Å². The van der Waals surface area contributed by atoms with Crippen molar-refractivity contribution in [3.8, 4) is 0 Å². The fourth-order valence-corrected chi connectivity index (χ4v) is 2.35. The number of benzene rings is 1. The summed E-state index contributed by atoms with van der Waals surface area (Å²) in [5, 5.41) is 5.84. The van der Waals surface area contributed by atoms with Gasteiger partial charge in [-0.2, -0.15) is 0 Å². The molecule has 0 aromatic heterocycles. The van der Waals surface area contributed by atoms with E-state index in [-0.39, 0.29) is 11.7 Å². The molecule has 0 saturated carbocycles. The number of rotatable bonds is 4. The first-order chi connectivity index (χ1) is 8.94. The SMILES string of the molecule is C=C1NC(=O)[C@@](CCC(C)C)(c2ccc(F)cc2)N1. The zero-order valence-corrected chi connectivity index (χ0v) is 11.3. The molecule has 2 rings (SSSR count). The first kappa shape index (κ1) is 13.6. The van der Waals surface area contributed by atoms with Crippen molar-refractivity contribution in [2.45, 2.75) is 32.2 Å². The van der Waals surface area contributed by atoms with Gasteiger partial charge in [-0.25, -0.2) is 4.39 Å². The Labute approximate surface area is 112 Å². The molecule has 1 fully saturated rings. The number of carbonyl (C=O) groups excluding carboxylic acids is 1. The van der Waals surface area contributed by atoms with Crippen molar-refractivity contribution in [2.24, 2.45) is 5.92 Å². The number of halogens is 1. The van der Waals surface area contributed by atoms with Crippen LogP contribution in [0.3, 0.4) is 0 Å². The van der Waals surface area contributed by atoms with Crippen LogP contribution < -0.4 is 10.6 Å². The maximum absolute atomic E-state index is 13.0. The Morgan fingerprint density at radius 2 is 1.95 bits per heavy atom. The molecule has 102 valence electrons. The summed E-state index contributed by atoms with van der Waals surface area (Å²) in [7, 11) is 0. The summed E-state index contributed by atoms with van der Waals surface area (Å²) in [6, 6.07) is 6.06. The highest BCUT2D eigenvalue weighted by Crippen LogP contribution is 2.32. The molecule has 2 N–H and O–H groups in total. The third kappa shape index (κ3) is 2.62. The first-order valence-corrected chi connectivity index (χ1v) is 6.48. The Balaban J connectivity index is 2.36. The van der Waals surface area contributed by atoms with E-state index >= 15 is 0 Å². The summed E-state index contributed by atoms with van der Waals surface area (Å²) in [5.74, 6) is 0.559. The predicted molar refractivity (Wildman–Crippen MR) is 72.6 cm³/mol. The minimum absolute atomic E-state index is 0.121. The van der Waals surface area contributed by atoms with Crippen LogP contribution in [0.25, 0.3) is 0 Å². The van der Waals surface area contributed by atoms with E-state index in [0.717, 1.165) is 12.0 Å². The highest BCUT2D eigenvalue weighted by molar-refractivity contribution is 5.91. The van der Waals surface area contributed by atoms with Gasteiger partial charge in [0.25, 0.3) is 5.91 Å². The molecule has 1 aliphatic rings. The van der Waals surface area contributed by atoms with Gasteiger partial charge in [0.2, 0.25) is 0 Å². The monoisotopic (exact) mass is 262 g/mol. The van der Waals surface area contributed by atoms with Gasteiger partial charge < -0.3 is 10.6 Å². The van der Waals surface area contributed by atoms with Gasteiger partial charge in [0.05, 0.1) is 5.82 Å². The van der Waals surface area contributed by atoms with Crippen LogP contribution in [-0.2, 0) is 10.3 Å². The van der Waals surface area contributed by atoms with Crippen molar-refractivity contribution in [3.63, 3.8) is 0 Å². The second-order valence-electron chi connectivity index (χ2n) is 5.40. The Morgan fingerprint density at radius 3 is 2.42 bits per heavy atom. The lowest BCUT2D eigenvalue weighted by atomic mass is 9.83. The predicted octanol–water partition coefficient (Wildman–Crippen LogP) is 2.65. The van der Waals surface area contributed by atoms with Gasteiger partial charge in [0, 0.05) is 0 Å². The molecule has 4 heteroatoms. The van der Waals surface area contributed by atoms with E-state index < -0.39 is 5.54 Å². The third-order valence-corrected chi connectivity index (χ3v) is 3.45. The Kier molecular flexibility index (Phi) is 3.60. The van der Waals surface area contributed by atoms with Crippen LogP contribution in [0.15, 0.2) is 36.7 Å². The zero-order valence-electron chi connectivity index (χ0n) is 11.3. The normalized spacial score (nSPS) is 22.5. The van der Waals surface area contributed by atoms with Crippen LogP contribution in [-0.4, -0.2) is 5.91 Å². The smallest absolute Gasteiger partial charge is 0.255 e. The van der Waals surface area contributed by atoms with Gasteiger partial charge in [-0.15, -0.1) is 0 Å². The van der Waals surface area contributed by atoms with Crippen LogP contribution in [0, 0.1) is 11.7 Å². The van der Waals surface area contributed by atoms with E-state index in [1.165, 1.54) is 12.1 Å². The quantitative estimate of drug-likeness (QED) is 0.876. The summed E-state index contributed by atoms with van der Waals surface area (Å²) in [6.45, 7) is 7.98. The zero-order chi connectivity index (χ0) is 14.0. The second-order valence-corrected chi connectivity index (χ2v) is 5.40. The number of carbonyl (C=O) groups is 1. The summed E-state index contributed by atoms with van der Waals surface area (Å²) in [4.78, 5) is 12.3. The molecular formula is C15H19FN2O. The van der Waals surface area contributed by atoms with E-state index in [1.54, 1.807) is 12.1 Å². The number of hydrogen-bond acceptors (Lipinski definition) is 2. The molecule has 0 radical (unpaired) electrons. The number of hydrogen-bond donors (Lipinski definition) is 2. The highest BCUT2D eigenvalue weighted by atomic mass is 19.1. The lowest BCUT2D eigenvalue weighted by molar-refractivity contribution is -0.124. The number of amides is 1. The maximum atomic E-state index is 13.0. The van der Waals surface area contributed by atoms with Crippen molar-refractivity contribution < 1.29 is 9.18 Å². The average molecular weight is 262 g/mol. The molecule has 1 aromatic rings. The van der Waals surface area contributed by atoms with E-state index in [2.05, 4.69) is 31.1 Å². The molecule has 0 unspecified atom stereocenters. The van der Waals surface area contributed by atoms with Crippen LogP contribution in [0.2, 0.25) is 0 Å². The fourth-order valence-electron chi connectivity index (χ4n) is 2.35. The minimum Gasteiger partial charge on any atom is -0.354 e. The van der Waals surface area contributed by atoms with Crippen LogP contribution in [0.1, 0.15) is 32.3 Å². The highest BCUT2D eigenvalue weighted by Gasteiger charge is 2.44. The summed E-state index contributed by atoms with van der Waals surface area (Å²) < 4.78 is 13.0. The summed E-state index contributed by atoms with van der Waals surface area (Å²) in [5.41, 5.74) is -0.0552. The van der Waals surface area contributed by atoms with Gasteiger partial charge >= 0.3 is 0 Å². The summed E-state index contributed by atoms with van der Waals surface area (Å²) >= 11 is 0. The van der Waals surface area contributed by atoms with Gasteiger partial charge in [0.1, 0.15) is 11.4 Å². The molecule has 1 atom stereocenters. The summed E-state index contributed by atoms with van der Waals surface area (Å²) in [6.07, 6.45) is 1.55. The van der Waals surface area contributed by atoms with Gasteiger partial charge in [-0.1, -0.05) is 32.6 Å². The molecule has 3 nitrogen and oxygen atoms in total. The lowest BCUT2D eigenvalue weighted by Gasteiger charge is -2.28. The molecule has 1 heterocycles. The van der Waals surface area contributed by atoms with Crippen LogP contribution in [0.5, 0.6) is 0 Å². The molecule has 0 bridgehead atoms. The molecule has 1 aliphatic heterocycles. The standard InChI is InChI=1S/C15H19FN2O/c1-10(2)8-9-15(14(19)17-11(3)18-15)12-4-6-13(16)7-5-12/h4-7,10,18H,3,8-9H2,1-2H3,(H,17,19)/t15-/m1/s1. The van der Waals surface area contributed by atoms with Gasteiger partial charge in [-0.05, 0) is 36.5 Å². The van der Waals surface area contributed by atoms with Crippen molar-refractivity contribution in [1.82, 2.24) is 10.6 Å². The molecule has 1 saturated heterocycles. The fraction of sp³-hybridized carbons (Fsp3) is 0.400. The lowest BCUT2D eigenvalue weighted by Crippen LogP contribution is -2.43. The van der Waals surface area contributed by atoms with Crippen molar-refractivity contribution in [1.29, 1.82) is 0 Å². The Bertz CT molecular complexity index is 495. The molecule has 1 aromatic carbocycles. The largest absolute Gasteiger partial charge is 0.354 e. The molecule has 0 aliphatic carbocycles.